The Balaban J connectivity index is 1.55. The molecule has 4 nitrogen and oxygen atoms in total. The molecule has 30 heavy (non-hydrogen) atoms. The lowest BCUT2D eigenvalue weighted by Crippen LogP contribution is -2.59. The molecule has 0 spiro atoms. The molecule has 1 amide bonds. The molecule has 154 valence electrons. The number of hydrogen-bond acceptors (Lipinski definition) is 3. The molecule has 4 heteroatoms. The summed E-state index contributed by atoms with van der Waals surface area (Å²) in [6, 6.07) is 18.9. The van der Waals surface area contributed by atoms with Crippen LogP contribution in [-0.2, 0) is 10.3 Å². The van der Waals surface area contributed by atoms with Gasteiger partial charge < -0.3 is 5.73 Å². The van der Waals surface area contributed by atoms with Gasteiger partial charge in [0, 0.05) is 12.5 Å². The zero-order chi connectivity index (χ0) is 20.5. The maximum atomic E-state index is 13.9. The van der Waals surface area contributed by atoms with Crippen molar-refractivity contribution in [2.45, 2.75) is 44.1 Å². The Morgan fingerprint density at radius 2 is 1.50 bits per heavy atom. The van der Waals surface area contributed by atoms with Crippen molar-refractivity contribution in [1.82, 2.24) is 4.90 Å². The summed E-state index contributed by atoms with van der Waals surface area (Å²) in [7, 11) is 1.78. The predicted molar refractivity (Wildman–Crippen MR) is 119 cm³/mol. The van der Waals surface area contributed by atoms with E-state index in [2.05, 4.69) is 48.5 Å². The fourth-order valence-corrected chi connectivity index (χ4v) is 7.59. The number of carbonyl (C=O) groups excluding carboxylic acids is 1. The van der Waals surface area contributed by atoms with Crippen LogP contribution in [0, 0.1) is 23.2 Å². The van der Waals surface area contributed by atoms with Gasteiger partial charge in [-0.1, -0.05) is 48.5 Å². The van der Waals surface area contributed by atoms with Crippen LogP contribution in [0.25, 0.3) is 11.1 Å². The second-order valence-corrected chi connectivity index (χ2v) is 10.2. The van der Waals surface area contributed by atoms with Crippen LogP contribution >= 0.6 is 0 Å². The van der Waals surface area contributed by atoms with Gasteiger partial charge in [0.2, 0.25) is 0 Å². The number of hydrogen-bond donors (Lipinski definition) is 1. The Labute approximate surface area is 178 Å². The van der Waals surface area contributed by atoms with E-state index < -0.39 is 5.54 Å². The molecule has 4 bridgehead atoms. The first-order chi connectivity index (χ1) is 14.5. The van der Waals surface area contributed by atoms with Gasteiger partial charge in [0.15, 0.2) is 11.5 Å². The van der Waals surface area contributed by atoms with Crippen LogP contribution in [-0.4, -0.2) is 23.8 Å². The number of nitrogens with zero attached hydrogens (tertiary/aromatic N) is 2. The predicted octanol–water partition coefficient (Wildman–Crippen LogP) is 4.55. The lowest BCUT2D eigenvalue weighted by molar-refractivity contribution is -0.149. The number of aliphatic imine (C=N–C) groups is 1. The number of likely N-dealkylation sites (N-methyl/N-ethyl adjacent to an activating group) is 1. The summed E-state index contributed by atoms with van der Waals surface area (Å²) >= 11 is 0. The number of nitrogens with two attached hydrogens (primary N) is 1. The largest absolute Gasteiger partial charge is 0.369 e. The van der Waals surface area contributed by atoms with E-state index in [0.717, 1.165) is 53.7 Å². The van der Waals surface area contributed by atoms with E-state index in [4.69, 9.17) is 10.7 Å². The molecule has 0 radical (unpaired) electrons. The quantitative estimate of drug-likeness (QED) is 0.823. The van der Waals surface area contributed by atoms with Gasteiger partial charge in [0.25, 0.3) is 5.91 Å². The van der Waals surface area contributed by atoms with Gasteiger partial charge >= 0.3 is 0 Å². The molecule has 4 saturated carbocycles. The number of rotatable bonds is 3. The standard InChI is InChI=1S/C26H29N3O/c1-29-23(30)26(28-24(29)27,25-14-17-10-18(15-25)12-19(11-17)16-25)22-9-5-8-21(13-22)20-6-3-2-4-7-20/h2-9,13,17-19H,10-12,14-16H2,1H3,(H2,27,28). The lowest BCUT2D eigenvalue weighted by Gasteiger charge is -2.61. The molecule has 7 rings (SSSR count). The van der Waals surface area contributed by atoms with Crippen LogP contribution in [0.15, 0.2) is 59.6 Å². The van der Waals surface area contributed by atoms with Gasteiger partial charge in [-0.25, -0.2) is 4.99 Å². The smallest absolute Gasteiger partial charge is 0.262 e. The minimum absolute atomic E-state index is 0.0622. The minimum Gasteiger partial charge on any atom is -0.369 e. The van der Waals surface area contributed by atoms with Gasteiger partial charge in [-0.3, -0.25) is 9.69 Å². The fourth-order valence-electron chi connectivity index (χ4n) is 7.59. The first-order valence-corrected chi connectivity index (χ1v) is 11.3. The Hall–Kier alpha value is -2.62. The average Bonchev–Trinajstić information content (AvgIpc) is 2.99. The minimum atomic E-state index is -0.882. The molecule has 1 unspecified atom stereocenters. The van der Waals surface area contributed by atoms with E-state index in [1.54, 1.807) is 11.9 Å². The summed E-state index contributed by atoms with van der Waals surface area (Å²) in [6.07, 6.45) is 7.31. The SMILES string of the molecule is CN1C(=O)C(c2cccc(-c3ccccc3)c2)(C23CC4CC(CC(C4)C2)C3)N=C1N. The van der Waals surface area contributed by atoms with Crippen molar-refractivity contribution in [3.63, 3.8) is 0 Å². The topological polar surface area (TPSA) is 58.7 Å². The van der Waals surface area contributed by atoms with E-state index in [1.807, 2.05) is 6.07 Å². The molecule has 1 atom stereocenters. The third-order valence-corrected chi connectivity index (χ3v) is 8.43. The highest BCUT2D eigenvalue weighted by Gasteiger charge is 2.67. The summed E-state index contributed by atoms with van der Waals surface area (Å²) in [5, 5.41) is 0. The van der Waals surface area contributed by atoms with E-state index in [1.165, 1.54) is 19.3 Å². The Morgan fingerprint density at radius 3 is 2.07 bits per heavy atom. The van der Waals surface area contributed by atoms with E-state index >= 15 is 0 Å². The zero-order valence-electron chi connectivity index (χ0n) is 17.6. The first-order valence-electron chi connectivity index (χ1n) is 11.3. The van der Waals surface area contributed by atoms with Crippen molar-refractivity contribution in [2.24, 2.45) is 33.9 Å². The van der Waals surface area contributed by atoms with Crippen LogP contribution in [0.3, 0.4) is 0 Å². The van der Waals surface area contributed by atoms with E-state index in [0.29, 0.717) is 5.96 Å². The van der Waals surface area contributed by atoms with Gasteiger partial charge in [0.1, 0.15) is 0 Å². The summed E-state index contributed by atoms with van der Waals surface area (Å²) in [5.41, 5.74) is 8.63. The first kappa shape index (κ1) is 18.2. The zero-order valence-corrected chi connectivity index (χ0v) is 17.6. The fraction of sp³-hybridized carbons (Fsp3) is 0.462. The molecular weight excluding hydrogens is 370 g/mol. The summed E-state index contributed by atoms with van der Waals surface area (Å²) in [5.74, 6) is 2.63. The molecule has 4 aliphatic carbocycles. The highest BCUT2D eigenvalue weighted by atomic mass is 16.2. The van der Waals surface area contributed by atoms with Gasteiger partial charge in [0.05, 0.1) is 0 Å². The summed E-state index contributed by atoms with van der Waals surface area (Å²) in [4.78, 5) is 20.6. The van der Waals surface area contributed by atoms with Crippen LogP contribution in [0.4, 0.5) is 0 Å². The summed E-state index contributed by atoms with van der Waals surface area (Å²) in [6.45, 7) is 0. The molecule has 2 N–H and O–H groups in total. The number of guanidine groups is 1. The normalized spacial score (nSPS) is 37.0. The van der Waals surface area contributed by atoms with Crippen LogP contribution in [0.1, 0.15) is 44.1 Å². The van der Waals surface area contributed by atoms with E-state index in [9.17, 15) is 4.79 Å². The van der Waals surface area contributed by atoms with Crippen LogP contribution in [0.2, 0.25) is 0 Å². The molecule has 2 aromatic rings. The third-order valence-electron chi connectivity index (χ3n) is 8.43. The van der Waals surface area contributed by atoms with Gasteiger partial charge in [-0.2, -0.15) is 0 Å². The highest BCUT2D eigenvalue weighted by Crippen LogP contribution is 2.67. The monoisotopic (exact) mass is 399 g/mol. The van der Waals surface area contributed by atoms with Crippen LogP contribution in [0.5, 0.6) is 0 Å². The average molecular weight is 400 g/mol. The Kier molecular flexibility index (Phi) is 3.75. The van der Waals surface area contributed by atoms with Gasteiger partial charge in [-0.05, 0) is 79.0 Å². The molecule has 1 heterocycles. The van der Waals surface area contributed by atoms with Gasteiger partial charge in [-0.15, -0.1) is 0 Å². The number of amides is 1. The van der Waals surface area contributed by atoms with Crippen molar-refractivity contribution in [1.29, 1.82) is 0 Å². The highest BCUT2D eigenvalue weighted by molar-refractivity contribution is 6.07. The van der Waals surface area contributed by atoms with Crippen LogP contribution < -0.4 is 5.73 Å². The van der Waals surface area contributed by atoms with Crippen molar-refractivity contribution in [2.75, 3.05) is 7.05 Å². The molecule has 0 aromatic heterocycles. The second-order valence-electron chi connectivity index (χ2n) is 10.2. The van der Waals surface area contributed by atoms with Crippen molar-refractivity contribution in [3.05, 3.63) is 60.2 Å². The molecular formula is C26H29N3O. The molecule has 4 fully saturated rings. The molecule has 2 aromatic carbocycles. The maximum absolute atomic E-state index is 13.9. The third kappa shape index (κ3) is 2.33. The molecule has 1 aliphatic heterocycles. The maximum Gasteiger partial charge on any atom is 0.262 e. The second kappa shape index (κ2) is 6.19. The van der Waals surface area contributed by atoms with E-state index in [-0.39, 0.29) is 11.3 Å². The molecule has 5 aliphatic rings. The lowest BCUT2D eigenvalue weighted by atomic mass is 9.43. The van der Waals surface area contributed by atoms with Crippen molar-refractivity contribution in [3.8, 4) is 11.1 Å². The number of carbonyl (C=O) groups is 1. The molecule has 0 saturated heterocycles. The van der Waals surface area contributed by atoms with Crippen molar-refractivity contribution < 1.29 is 4.79 Å². The number of benzene rings is 2. The Morgan fingerprint density at radius 1 is 0.900 bits per heavy atom. The summed E-state index contributed by atoms with van der Waals surface area (Å²) < 4.78 is 0. The Bertz CT molecular complexity index is 1010. The van der Waals surface area contributed by atoms with Crippen molar-refractivity contribution >= 4 is 11.9 Å².